The lowest BCUT2D eigenvalue weighted by molar-refractivity contribution is -0.140. The Bertz CT molecular complexity index is 433. The Morgan fingerprint density at radius 1 is 1.39 bits per heavy atom. The van der Waals surface area contributed by atoms with E-state index in [0.717, 1.165) is 5.56 Å². The molecule has 2 N–H and O–H groups in total. The Morgan fingerprint density at radius 2 is 2.11 bits per heavy atom. The van der Waals surface area contributed by atoms with E-state index in [-0.39, 0.29) is 12.5 Å². The van der Waals surface area contributed by atoms with Gasteiger partial charge < -0.3 is 10.4 Å². The molecule has 1 aliphatic heterocycles. The molecule has 1 amide bonds. The third-order valence-corrected chi connectivity index (χ3v) is 3.06. The van der Waals surface area contributed by atoms with Crippen LogP contribution in [0, 0.1) is 0 Å². The highest BCUT2D eigenvalue weighted by Gasteiger charge is 2.25. The number of amides is 1. The number of carboxylic acid groups (broad SMARTS) is 1. The predicted molar refractivity (Wildman–Crippen MR) is 66.3 cm³/mol. The summed E-state index contributed by atoms with van der Waals surface area (Å²) in [6, 6.07) is 9.13. The first-order valence-electron chi connectivity index (χ1n) is 5.93. The standard InChI is InChI=1S/C13H16N2O3/c16-12-9-15(7-6-14-12)8-11(13(17)18)10-4-2-1-3-5-10/h1-5,11H,6-9H2,(H,14,16)(H,17,18). The van der Waals surface area contributed by atoms with Crippen LogP contribution in [0.2, 0.25) is 0 Å². The molecule has 1 fully saturated rings. The molecular formula is C13H16N2O3. The first kappa shape index (κ1) is 12.6. The smallest absolute Gasteiger partial charge is 0.312 e. The van der Waals surface area contributed by atoms with Gasteiger partial charge in [-0.3, -0.25) is 14.5 Å². The summed E-state index contributed by atoms with van der Waals surface area (Å²) >= 11 is 0. The van der Waals surface area contributed by atoms with Crippen LogP contribution in [-0.4, -0.2) is 48.1 Å². The number of carbonyl (C=O) groups is 2. The van der Waals surface area contributed by atoms with E-state index in [1.165, 1.54) is 0 Å². The van der Waals surface area contributed by atoms with Crippen LogP contribution in [0.5, 0.6) is 0 Å². The molecule has 5 nitrogen and oxygen atoms in total. The number of hydrogen-bond donors (Lipinski definition) is 2. The maximum Gasteiger partial charge on any atom is 0.312 e. The Morgan fingerprint density at radius 3 is 2.72 bits per heavy atom. The molecule has 1 heterocycles. The number of carbonyl (C=O) groups excluding carboxylic acids is 1. The van der Waals surface area contributed by atoms with Gasteiger partial charge in [-0.15, -0.1) is 0 Å². The molecule has 2 rings (SSSR count). The third kappa shape index (κ3) is 3.07. The minimum atomic E-state index is -0.854. The fraction of sp³-hybridized carbons (Fsp3) is 0.385. The van der Waals surface area contributed by atoms with Crippen molar-refractivity contribution in [3.63, 3.8) is 0 Å². The second kappa shape index (κ2) is 5.64. The van der Waals surface area contributed by atoms with E-state index in [1.807, 2.05) is 35.2 Å². The monoisotopic (exact) mass is 248 g/mol. The number of piperazine rings is 1. The highest BCUT2D eigenvalue weighted by atomic mass is 16.4. The summed E-state index contributed by atoms with van der Waals surface area (Å²) in [5.74, 6) is -1.48. The van der Waals surface area contributed by atoms with Crippen LogP contribution in [0.1, 0.15) is 11.5 Å². The Kier molecular flexibility index (Phi) is 3.94. The van der Waals surface area contributed by atoms with Crippen LogP contribution in [0.4, 0.5) is 0 Å². The number of aliphatic carboxylic acids is 1. The van der Waals surface area contributed by atoms with Crippen molar-refractivity contribution in [3.05, 3.63) is 35.9 Å². The average molecular weight is 248 g/mol. The summed E-state index contributed by atoms with van der Waals surface area (Å²) in [5.41, 5.74) is 0.774. The quantitative estimate of drug-likeness (QED) is 0.803. The normalized spacial score (nSPS) is 18.1. The van der Waals surface area contributed by atoms with E-state index in [2.05, 4.69) is 5.32 Å². The van der Waals surface area contributed by atoms with Gasteiger partial charge in [0.25, 0.3) is 0 Å². The molecule has 0 aliphatic carbocycles. The largest absolute Gasteiger partial charge is 0.481 e. The van der Waals surface area contributed by atoms with E-state index in [1.54, 1.807) is 0 Å². The molecule has 1 atom stereocenters. The molecule has 1 unspecified atom stereocenters. The van der Waals surface area contributed by atoms with Crippen molar-refractivity contribution in [1.82, 2.24) is 10.2 Å². The lowest BCUT2D eigenvalue weighted by atomic mass is 9.98. The van der Waals surface area contributed by atoms with Gasteiger partial charge in [0, 0.05) is 19.6 Å². The van der Waals surface area contributed by atoms with Crippen LogP contribution in [0.3, 0.4) is 0 Å². The number of benzene rings is 1. The molecule has 0 bridgehead atoms. The molecule has 1 aromatic carbocycles. The van der Waals surface area contributed by atoms with Crippen molar-refractivity contribution in [2.45, 2.75) is 5.92 Å². The van der Waals surface area contributed by atoms with Gasteiger partial charge in [-0.25, -0.2) is 0 Å². The van der Waals surface area contributed by atoms with Gasteiger partial charge in [-0.05, 0) is 5.56 Å². The zero-order chi connectivity index (χ0) is 13.0. The number of carboxylic acids is 1. The van der Waals surface area contributed by atoms with E-state index < -0.39 is 11.9 Å². The van der Waals surface area contributed by atoms with Gasteiger partial charge in [0.15, 0.2) is 0 Å². The Balaban J connectivity index is 2.07. The first-order valence-corrected chi connectivity index (χ1v) is 5.93. The molecule has 18 heavy (non-hydrogen) atoms. The van der Waals surface area contributed by atoms with Gasteiger partial charge in [0.2, 0.25) is 5.91 Å². The molecule has 96 valence electrons. The molecule has 0 aromatic heterocycles. The molecule has 5 heteroatoms. The molecule has 1 aliphatic rings. The Hall–Kier alpha value is -1.88. The highest BCUT2D eigenvalue weighted by Crippen LogP contribution is 2.17. The summed E-state index contributed by atoms with van der Waals surface area (Å²) in [6.45, 7) is 1.92. The lowest BCUT2D eigenvalue weighted by Crippen LogP contribution is -2.49. The summed E-state index contributed by atoms with van der Waals surface area (Å²) in [6.07, 6.45) is 0. The third-order valence-electron chi connectivity index (χ3n) is 3.06. The molecule has 1 saturated heterocycles. The molecule has 1 aromatic rings. The van der Waals surface area contributed by atoms with Gasteiger partial charge in [0.05, 0.1) is 12.5 Å². The van der Waals surface area contributed by atoms with Crippen LogP contribution in [0.25, 0.3) is 0 Å². The number of nitrogens with one attached hydrogen (secondary N) is 1. The van der Waals surface area contributed by atoms with E-state index in [9.17, 15) is 14.7 Å². The van der Waals surface area contributed by atoms with Crippen molar-refractivity contribution >= 4 is 11.9 Å². The van der Waals surface area contributed by atoms with Crippen LogP contribution in [0.15, 0.2) is 30.3 Å². The zero-order valence-electron chi connectivity index (χ0n) is 10.0. The second-order valence-corrected chi connectivity index (χ2v) is 4.39. The zero-order valence-corrected chi connectivity index (χ0v) is 10.0. The average Bonchev–Trinajstić information content (AvgIpc) is 2.37. The fourth-order valence-corrected chi connectivity index (χ4v) is 2.12. The number of rotatable bonds is 4. The summed E-state index contributed by atoms with van der Waals surface area (Å²) in [7, 11) is 0. The van der Waals surface area contributed by atoms with Crippen LogP contribution < -0.4 is 5.32 Å². The maximum absolute atomic E-state index is 11.3. The van der Waals surface area contributed by atoms with Gasteiger partial charge in [0.1, 0.15) is 0 Å². The molecule has 0 radical (unpaired) electrons. The lowest BCUT2D eigenvalue weighted by Gasteiger charge is -2.28. The molecular weight excluding hydrogens is 232 g/mol. The van der Waals surface area contributed by atoms with Crippen molar-refractivity contribution in [2.24, 2.45) is 0 Å². The number of nitrogens with zero attached hydrogens (tertiary/aromatic N) is 1. The van der Waals surface area contributed by atoms with Crippen molar-refractivity contribution in [1.29, 1.82) is 0 Å². The summed E-state index contributed by atoms with van der Waals surface area (Å²) in [5, 5.41) is 12.0. The van der Waals surface area contributed by atoms with E-state index >= 15 is 0 Å². The van der Waals surface area contributed by atoms with Crippen LogP contribution >= 0.6 is 0 Å². The second-order valence-electron chi connectivity index (χ2n) is 4.39. The minimum absolute atomic E-state index is 0.0431. The SMILES string of the molecule is O=C1CN(CC(C(=O)O)c2ccccc2)CCN1. The van der Waals surface area contributed by atoms with E-state index in [0.29, 0.717) is 19.6 Å². The molecule has 0 spiro atoms. The summed E-state index contributed by atoms with van der Waals surface area (Å²) in [4.78, 5) is 24.5. The van der Waals surface area contributed by atoms with Crippen molar-refractivity contribution < 1.29 is 14.7 Å². The number of hydrogen-bond acceptors (Lipinski definition) is 3. The predicted octanol–water partition coefficient (Wildman–Crippen LogP) is 0.287. The first-order chi connectivity index (χ1) is 8.66. The Labute approximate surface area is 105 Å². The minimum Gasteiger partial charge on any atom is -0.481 e. The van der Waals surface area contributed by atoms with Crippen molar-refractivity contribution in [3.8, 4) is 0 Å². The van der Waals surface area contributed by atoms with Gasteiger partial charge in [-0.2, -0.15) is 0 Å². The van der Waals surface area contributed by atoms with E-state index in [4.69, 9.17) is 0 Å². The highest BCUT2D eigenvalue weighted by molar-refractivity contribution is 5.79. The van der Waals surface area contributed by atoms with Crippen LogP contribution in [-0.2, 0) is 9.59 Å². The van der Waals surface area contributed by atoms with Gasteiger partial charge >= 0.3 is 5.97 Å². The fourth-order valence-electron chi connectivity index (χ4n) is 2.12. The molecule has 0 saturated carbocycles. The maximum atomic E-state index is 11.3. The summed E-state index contributed by atoms with van der Waals surface area (Å²) < 4.78 is 0. The van der Waals surface area contributed by atoms with Crippen molar-refractivity contribution in [2.75, 3.05) is 26.2 Å². The van der Waals surface area contributed by atoms with Gasteiger partial charge in [-0.1, -0.05) is 30.3 Å². The topological polar surface area (TPSA) is 69.6 Å².